The lowest BCUT2D eigenvalue weighted by atomic mass is 10.2. The van der Waals surface area contributed by atoms with Crippen LogP contribution in [0, 0.1) is 0 Å². The second kappa shape index (κ2) is 8.31. The Morgan fingerprint density at radius 1 is 1.13 bits per heavy atom. The number of hydrazone groups is 1. The first-order valence-electron chi connectivity index (χ1n) is 7.39. The average molecular weight is 320 g/mol. The van der Waals surface area contributed by atoms with Gasteiger partial charge in [-0.25, -0.2) is 4.79 Å². The summed E-state index contributed by atoms with van der Waals surface area (Å²) in [5.74, 6) is -0.551. The highest BCUT2D eigenvalue weighted by Gasteiger charge is 2.24. The first-order chi connectivity index (χ1) is 10.7. The Kier molecular flexibility index (Phi) is 6.75. The summed E-state index contributed by atoms with van der Waals surface area (Å²) in [4.78, 5) is 24.0. The van der Waals surface area contributed by atoms with Crippen molar-refractivity contribution in [1.82, 2.24) is 5.01 Å². The molecule has 0 aliphatic carbocycles. The molecule has 0 saturated heterocycles. The summed E-state index contributed by atoms with van der Waals surface area (Å²) in [6, 6.07) is 9.32. The maximum absolute atomic E-state index is 12.1. The first kappa shape index (κ1) is 18.7. The molecule has 1 rings (SSSR count). The number of hydrogen-bond acceptors (Lipinski definition) is 5. The molecule has 0 radical (unpaired) electrons. The van der Waals surface area contributed by atoms with Crippen LogP contribution in [0.1, 0.15) is 40.2 Å². The van der Waals surface area contributed by atoms with E-state index in [-0.39, 0.29) is 13.2 Å². The van der Waals surface area contributed by atoms with Crippen LogP contribution in [0.15, 0.2) is 35.4 Å². The fourth-order valence-corrected chi connectivity index (χ4v) is 1.60. The highest BCUT2D eigenvalue weighted by molar-refractivity contribution is 5.83. The zero-order valence-electron chi connectivity index (χ0n) is 14.3. The summed E-state index contributed by atoms with van der Waals surface area (Å²) >= 11 is 0. The van der Waals surface area contributed by atoms with Crippen LogP contribution in [0.4, 0.5) is 4.79 Å². The van der Waals surface area contributed by atoms with Crippen molar-refractivity contribution in [3.05, 3.63) is 35.9 Å². The predicted molar refractivity (Wildman–Crippen MR) is 88.0 cm³/mol. The van der Waals surface area contributed by atoms with Gasteiger partial charge < -0.3 is 9.47 Å². The zero-order valence-corrected chi connectivity index (χ0v) is 14.3. The number of benzene rings is 1. The minimum absolute atomic E-state index is 0.149. The third-order valence-electron chi connectivity index (χ3n) is 2.45. The summed E-state index contributed by atoms with van der Waals surface area (Å²) in [7, 11) is 0. The number of nitrogens with zero attached hydrogens (tertiary/aromatic N) is 2. The van der Waals surface area contributed by atoms with Crippen molar-refractivity contribution >= 4 is 17.8 Å². The van der Waals surface area contributed by atoms with E-state index in [0.717, 1.165) is 10.6 Å². The maximum atomic E-state index is 12.1. The molecule has 0 spiro atoms. The van der Waals surface area contributed by atoms with E-state index in [4.69, 9.17) is 9.47 Å². The van der Waals surface area contributed by atoms with E-state index in [1.165, 1.54) is 0 Å². The molecular formula is C17H24N2O4. The van der Waals surface area contributed by atoms with Crippen molar-refractivity contribution < 1.29 is 19.1 Å². The van der Waals surface area contributed by atoms with E-state index in [1.54, 1.807) is 34.6 Å². The fraction of sp³-hybridized carbons (Fsp3) is 0.471. The molecule has 0 aliphatic rings. The van der Waals surface area contributed by atoms with Crippen LogP contribution in [0.5, 0.6) is 0 Å². The second-order valence-corrected chi connectivity index (χ2v) is 6.23. The highest BCUT2D eigenvalue weighted by Crippen LogP contribution is 2.11. The van der Waals surface area contributed by atoms with E-state index in [2.05, 4.69) is 5.10 Å². The van der Waals surface area contributed by atoms with Gasteiger partial charge in [-0.05, 0) is 40.2 Å². The van der Waals surface area contributed by atoms with Gasteiger partial charge in [0.15, 0.2) is 0 Å². The SMILES string of the molecule is CC(C)=NN(CC(=O)OCc1ccccc1)C(=O)OC(C)(C)C. The molecule has 23 heavy (non-hydrogen) atoms. The predicted octanol–water partition coefficient (Wildman–Crippen LogP) is 3.36. The van der Waals surface area contributed by atoms with E-state index in [9.17, 15) is 9.59 Å². The lowest BCUT2D eigenvalue weighted by Crippen LogP contribution is -2.37. The van der Waals surface area contributed by atoms with Gasteiger partial charge in [0.1, 0.15) is 18.8 Å². The Balaban J connectivity index is 2.64. The molecule has 6 heteroatoms. The molecule has 1 aromatic carbocycles. The monoisotopic (exact) mass is 320 g/mol. The Labute approximate surface area is 137 Å². The molecule has 0 aliphatic heterocycles. The molecule has 0 unspecified atom stereocenters. The van der Waals surface area contributed by atoms with Crippen molar-refractivity contribution in [3.63, 3.8) is 0 Å². The Bertz CT molecular complexity index is 558. The maximum Gasteiger partial charge on any atom is 0.431 e. The molecule has 6 nitrogen and oxygen atoms in total. The van der Waals surface area contributed by atoms with Gasteiger partial charge in [-0.3, -0.25) is 4.79 Å². The van der Waals surface area contributed by atoms with Crippen molar-refractivity contribution in [2.24, 2.45) is 5.10 Å². The highest BCUT2D eigenvalue weighted by atomic mass is 16.6. The van der Waals surface area contributed by atoms with E-state index >= 15 is 0 Å². The molecule has 0 N–H and O–H groups in total. The van der Waals surface area contributed by atoms with Gasteiger partial charge >= 0.3 is 12.1 Å². The van der Waals surface area contributed by atoms with Gasteiger partial charge in [0.2, 0.25) is 0 Å². The minimum Gasteiger partial charge on any atom is -0.459 e. The van der Waals surface area contributed by atoms with Crippen LogP contribution in [0.2, 0.25) is 0 Å². The van der Waals surface area contributed by atoms with E-state index in [1.807, 2.05) is 30.3 Å². The van der Waals surface area contributed by atoms with E-state index in [0.29, 0.717) is 5.71 Å². The quantitative estimate of drug-likeness (QED) is 0.474. The van der Waals surface area contributed by atoms with Crippen LogP contribution in [0.3, 0.4) is 0 Å². The van der Waals surface area contributed by atoms with Crippen LogP contribution >= 0.6 is 0 Å². The average Bonchev–Trinajstić information content (AvgIpc) is 2.43. The van der Waals surface area contributed by atoms with Gasteiger partial charge in [0.05, 0.1) is 0 Å². The summed E-state index contributed by atoms with van der Waals surface area (Å²) in [5.41, 5.74) is 0.840. The molecule has 0 bridgehead atoms. The van der Waals surface area contributed by atoms with Gasteiger partial charge in [-0.1, -0.05) is 30.3 Å². The molecule has 0 heterocycles. The van der Waals surface area contributed by atoms with Crippen LogP contribution in [0.25, 0.3) is 0 Å². The number of hydrogen-bond donors (Lipinski definition) is 0. The minimum atomic E-state index is -0.685. The standard InChI is InChI=1S/C17H24N2O4/c1-13(2)18-19(16(21)23-17(3,4)5)11-15(20)22-12-14-9-7-6-8-10-14/h6-10H,11-12H2,1-5H3. The Morgan fingerprint density at radius 3 is 2.26 bits per heavy atom. The largest absolute Gasteiger partial charge is 0.459 e. The number of ether oxygens (including phenoxy) is 2. The number of carbonyl (C=O) groups is 2. The van der Waals surface area contributed by atoms with Crippen molar-refractivity contribution in [3.8, 4) is 0 Å². The van der Waals surface area contributed by atoms with Crippen molar-refractivity contribution in [2.75, 3.05) is 6.54 Å². The van der Waals surface area contributed by atoms with Gasteiger partial charge in [-0.15, -0.1) is 0 Å². The smallest absolute Gasteiger partial charge is 0.431 e. The Morgan fingerprint density at radius 2 is 1.74 bits per heavy atom. The van der Waals surface area contributed by atoms with E-state index < -0.39 is 17.7 Å². The number of esters is 1. The summed E-state index contributed by atoms with van der Waals surface area (Å²) in [5, 5.41) is 5.01. The molecule has 1 amide bonds. The number of carbonyl (C=O) groups excluding carboxylic acids is 2. The first-order valence-corrected chi connectivity index (χ1v) is 7.39. The Hall–Kier alpha value is -2.37. The van der Waals surface area contributed by atoms with Crippen molar-refractivity contribution in [1.29, 1.82) is 0 Å². The summed E-state index contributed by atoms with van der Waals surface area (Å²) in [6.07, 6.45) is -0.685. The third-order valence-corrected chi connectivity index (χ3v) is 2.45. The third kappa shape index (κ3) is 7.99. The van der Waals surface area contributed by atoms with Gasteiger partial charge in [-0.2, -0.15) is 10.1 Å². The van der Waals surface area contributed by atoms with Crippen LogP contribution in [-0.4, -0.2) is 34.9 Å². The van der Waals surface area contributed by atoms with Gasteiger partial charge in [0, 0.05) is 5.71 Å². The lowest BCUT2D eigenvalue weighted by Gasteiger charge is -2.24. The molecule has 1 aromatic rings. The fourth-order valence-electron chi connectivity index (χ4n) is 1.60. The number of amides is 1. The molecule has 126 valence electrons. The van der Waals surface area contributed by atoms with Crippen LogP contribution in [-0.2, 0) is 20.9 Å². The molecule has 0 aromatic heterocycles. The normalized spacial score (nSPS) is 10.7. The second-order valence-electron chi connectivity index (χ2n) is 6.23. The number of rotatable bonds is 5. The molecular weight excluding hydrogens is 296 g/mol. The van der Waals surface area contributed by atoms with Crippen molar-refractivity contribution in [2.45, 2.75) is 46.8 Å². The zero-order chi connectivity index (χ0) is 17.5. The van der Waals surface area contributed by atoms with Crippen LogP contribution < -0.4 is 0 Å². The topological polar surface area (TPSA) is 68.2 Å². The summed E-state index contributed by atoms with van der Waals surface area (Å²) in [6.45, 7) is 8.56. The molecule has 0 fully saturated rings. The lowest BCUT2D eigenvalue weighted by molar-refractivity contribution is -0.146. The summed E-state index contributed by atoms with van der Waals surface area (Å²) < 4.78 is 10.4. The van der Waals surface area contributed by atoms with Gasteiger partial charge in [0.25, 0.3) is 0 Å². The molecule has 0 saturated carbocycles. The molecule has 0 atom stereocenters.